The number of para-hydroxylation sites is 2. The minimum atomic E-state index is 0.0425. The molecule has 0 radical (unpaired) electrons. The molecule has 21 heavy (non-hydrogen) atoms. The van der Waals surface area contributed by atoms with Crippen LogP contribution >= 0.6 is 0 Å². The van der Waals surface area contributed by atoms with Crippen molar-refractivity contribution in [2.45, 2.75) is 19.6 Å². The van der Waals surface area contributed by atoms with E-state index in [0.717, 1.165) is 17.0 Å². The van der Waals surface area contributed by atoms with Gasteiger partial charge in [-0.2, -0.15) is 0 Å². The molecule has 0 amide bonds. The first-order valence-electron chi connectivity index (χ1n) is 7.07. The molecule has 0 aliphatic carbocycles. The lowest BCUT2D eigenvalue weighted by Gasteiger charge is -2.22. The van der Waals surface area contributed by atoms with Crippen LogP contribution in [-0.4, -0.2) is 9.55 Å². The van der Waals surface area contributed by atoms with E-state index in [1.54, 1.807) is 4.57 Å². The van der Waals surface area contributed by atoms with Crippen molar-refractivity contribution in [1.29, 1.82) is 0 Å². The van der Waals surface area contributed by atoms with Gasteiger partial charge in [0.2, 0.25) is 0 Å². The largest absolute Gasteiger partial charge is 0.343 e. The highest BCUT2D eigenvalue weighted by Crippen LogP contribution is 2.31. The summed E-state index contributed by atoms with van der Waals surface area (Å²) in [5, 5.41) is 0.684. The summed E-state index contributed by atoms with van der Waals surface area (Å²) in [4.78, 5) is 19.5. The average Bonchev–Trinajstić information content (AvgIpc) is 2.86. The van der Waals surface area contributed by atoms with Crippen molar-refractivity contribution in [3.63, 3.8) is 0 Å². The highest BCUT2D eigenvalue weighted by atomic mass is 16.1. The Bertz CT molecular complexity index is 870. The molecule has 2 heterocycles. The van der Waals surface area contributed by atoms with E-state index in [1.165, 1.54) is 0 Å². The molecule has 1 aliphatic rings. The van der Waals surface area contributed by atoms with Gasteiger partial charge in [0, 0.05) is 5.69 Å². The Morgan fingerprint density at radius 2 is 1.76 bits per heavy atom. The zero-order valence-electron chi connectivity index (χ0n) is 11.7. The van der Waals surface area contributed by atoms with Crippen LogP contribution < -0.4 is 10.5 Å². The van der Waals surface area contributed by atoms with Gasteiger partial charge in [0.15, 0.2) is 0 Å². The predicted molar refractivity (Wildman–Crippen MR) is 83.3 cm³/mol. The second kappa shape index (κ2) is 4.45. The predicted octanol–water partition coefficient (Wildman–Crippen LogP) is 2.94. The second-order valence-corrected chi connectivity index (χ2v) is 5.34. The molecule has 4 nitrogen and oxygen atoms in total. The van der Waals surface area contributed by atoms with Crippen LogP contribution in [0.4, 0.5) is 5.69 Å². The molecule has 1 aliphatic heterocycles. The Kier molecular flexibility index (Phi) is 2.57. The number of aromatic nitrogens is 2. The Morgan fingerprint density at radius 3 is 2.57 bits per heavy atom. The summed E-state index contributed by atoms with van der Waals surface area (Å²) >= 11 is 0. The number of rotatable bonds is 1. The van der Waals surface area contributed by atoms with Crippen molar-refractivity contribution in [2.24, 2.45) is 0 Å². The molecule has 0 N–H and O–H groups in total. The maximum absolute atomic E-state index is 12.6. The average molecular weight is 277 g/mol. The van der Waals surface area contributed by atoms with Crippen molar-refractivity contribution in [3.8, 4) is 0 Å². The highest BCUT2D eigenvalue weighted by Gasteiger charge is 2.29. The number of fused-ring (bicyclic) bond motifs is 2. The van der Waals surface area contributed by atoms with E-state index in [-0.39, 0.29) is 11.6 Å². The summed E-state index contributed by atoms with van der Waals surface area (Å²) in [7, 11) is 0. The Labute approximate surface area is 122 Å². The molecular weight excluding hydrogens is 262 g/mol. The van der Waals surface area contributed by atoms with Crippen molar-refractivity contribution < 1.29 is 0 Å². The van der Waals surface area contributed by atoms with Gasteiger partial charge in [-0.3, -0.25) is 9.36 Å². The van der Waals surface area contributed by atoms with Gasteiger partial charge >= 0.3 is 0 Å². The van der Waals surface area contributed by atoms with Gasteiger partial charge < -0.3 is 4.90 Å². The first-order chi connectivity index (χ1) is 10.3. The zero-order valence-corrected chi connectivity index (χ0v) is 11.7. The molecule has 0 saturated heterocycles. The maximum Gasteiger partial charge on any atom is 0.262 e. The van der Waals surface area contributed by atoms with E-state index < -0.39 is 0 Å². The van der Waals surface area contributed by atoms with Crippen LogP contribution in [0.15, 0.2) is 59.4 Å². The van der Waals surface area contributed by atoms with Gasteiger partial charge in [0.05, 0.1) is 16.9 Å². The molecule has 0 bridgehead atoms. The summed E-state index contributed by atoms with van der Waals surface area (Å²) < 4.78 is 1.78. The molecular formula is C17H15N3O. The fourth-order valence-electron chi connectivity index (χ4n) is 2.98. The molecule has 4 rings (SSSR count). The van der Waals surface area contributed by atoms with E-state index in [0.29, 0.717) is 12.1 Å². The lowest BCUT2D eigenvalue weighted by molar-refractivity contribution is 0.685. The normalized spacial score (nSPS) is 17.2. The quantitative estimate of drug-likeness (QED) is 0.686. The van der Waals surface area contributed by atoms with E-state index in [9.17, 15) is 4.79 Å². The van der Waals surface area contributed by atoms with Crippen molar-refractivity contribution in [1.82, 2.24) is 9.55 Å². The lowest BCUT2D eigenvalue weighted by atomic mass is 10.2. The van der Waals surface area contributed by atoms with Crippen LogP contribution in [0.5, 0.6) is 0 Å². The van der Waals surface area contributed by atoms with E-state index in [4.69, 9.17) is 4.98 Å². The number of anilines is 1. The SMILES string of the molecule is CC1c2nc3ccccc3c(=O)n2CN1c1ccccc1. The Balaban J connectivity index is 1.90. The van der Waals surface area contributed by atoms with Crippen LogP contribution in [0.25, 0.3) is 10.9 Å². The molecule has 0 fully saturated rings. The minimum Gasteiger partial charge on any atom is -0.343 e. The van der Waals surface area contributed by atoms with Gasteiger partial charge in [-0.15, -0.1) is 0 Å². The van der Waals surface area contributed by atoms with E-state index >= 15 is 0 Å². The van der Waals surface area contributed by atoms with Gasteiger partial charge in [0.1, 0.15) is 12.5 Å². The van der Waals surface area contributed by atoms with Crippen molar-refractivity contribution >= 4 is 16.6 Å². The van der Waals surface area contributed by atoms with Gasteiger partial charge in [-0.05, 0) is 31.2 Å². The highest BCUT2D eigenvalue weighted by molar-refractivity contribution is 5.77. The number of benzene rings is 2. The lowest BCUT2D eigenvalue weighted by Crippen LogP contribution is -2.24. The van der Waals surface area contributed by atoms with Crippen molar-refractivity contribution in [3.05, 3.63) is 70.8 Å². The molecule has 3 aromatic rings. The Hall–Kier alpha value is -2.62. The fourth-order valence-corrected chi connectivity index (χ4v) is 2.98. The fraction of sp³-hybridized carbons (Fsp3) is 0.176. The Morgan fingerprint density at radius 1 is 1.05 bits per heavy atom. The van der Waals surface area contributed by atoms with Crippen LogP contribution in [0.2, 0.25) is 0 Å². The van der Waals surface area contributed by atoms with Crippen LogP contribution in [0.3, 0.4) is 0 Å². The maximum atomic E-state index is 12.6. The number of hydrogen-bond donors (Lipinski definition) is 0. The summed E-state index contributed by atoms with van der Waals surface area (Å²) in [6.45, 7) is 2.64. The molecule has 0 saturated carbocycles. The molecule has 2 aromatic carbocycles. The molecule has 104 valence electrons. The molecule has 1 atom stereocenters. The third-order valence-corrected chi connectivity index (χ3v) is 4.11. The molecule has 1 aromatic heterocycles. The summed E-state index contributed by atoms with van der Waals surface area (Å²) in [5.74, 6) is 0.836. The van der Waals surface area contributed by atoms with Gasteiger partial charge in [0.25, 0.3) is 5.56 Å². The third kappa shape index (κ3) is 1.76. The van der Waals surface area contributed by atoms with Crippen LogP contribution in [0, 0.1) is 0 Å². The van der Waals surface area contributed by atoms with Gasteiger partial charge in [-0.1, -0.05) is 30.3 Å². The third-order valence-electron chi connectivity index (χ3n) is 4.11. The number of hydrogen-bond acceptors (Lipinski definition) is 3. The summed E-state index contributed by atoms with van der Waals surface area (Å²) in [5.41, 5.74) is 1.93. The molecule has 4 heteroatoms. The van der Waals surface area contributed by atoms with E-state index in [1.807, 2.05) is 42.5 Å². The number of nitrogens with zero attached hydrogens (tertiary/aromatic N) is 3. The topological polar surface area (TPSA) is 38.1 Å². The second-order valence-electron chi connectivity index (χ2n) is 5.34. The van der Waals surface area contributed by atoms with Crippen molar-refractivity contribution in [2.75, 3.05) is 4.90 Å². The van der Waals surface area contributed by atoms with Crippen LogP contribution in [-0.2, 0) is 6.67 Å². The van der Waals surface area contributed by atoms with Crippen LogP contribution in [0.1, 0.15) is 18.8 Å². The zero-order chi connectivity index (χ0) is 14.4. The van der Waals surface area contributed by atoms with E-state index in [2.05, 4.69) is 24.0 Å². The smallest absolute Gasteiger partial charge is 0.262 e. The van der Waals surface area contributed by atoms with Gasteiger partial charge in [-0.25, -0.2) is 4.98 Å². The first-order valence-corrected chi connectivity index (χ1v) is 7.07. The standard InChI is InChI=1S/C17H15N3O/c1-12-16-18-15-10-6-5-9-14(15)17(21)20(16)11-19(12)13-7-3-2-4-8-13/h2-10,12H,11H2,1H3. The summed E-state index contributed by atoms with van der Waals surface area (Å²) in [6, 6.07) is 17.8. The molecule has 1 unspecified atom stereocenters. The minimum absolute atomic E-state index is 0.0425. The molecule has 0 spiro atoms. The first kappa shape index (κ1) is 12.1. The summed E-state index contributed by atoms with van der Waals surface area (Å²) in [6.07, 6.45) is 0. The monoisotopic (exact) mass is 277 g/mol.